The Morgan fingerprint density at radius 3 is 2.93 bits per heavy atom. The van der Waals surface area contributed by atoms with Gasteiger partial charge < -0.3 is 4.74 Å². The summed E-state index contributed by atoms with van der Waals surface area (Å²) < 4.78 is 5.24. The molecule has 0 bridgehead atoms. The zero-order valence-corrected chi connectivity index (χ0v) is 10.2. The smallest absolute Gasteiger partial charge is 0.316 e. The van der Waals surface area contributed by atoms with Crippen LogP contribution in [-0.4, -0.2) is 28.8 Å². The number of halogens is 1. The number of hydrogen-bond donors (Lipinski definition) is 0. The first kappa shape index (κ1) is 11.5. The van der Waals surface area contributed by atoms with E-state index in [1.165, 1.54) is 18.9 Å². The number of ether oxygens (including phenoxy) is 1. The Balaban J connectivity index is 2.63. The monoisotopic (exact) mass is 276 g/mol. The predicted molar refractivity (Wildman–Crippen MR) is 57.2 cm³/mol. The molecule has 0 saturated carbocycles. The molecule has 1 rings (SSSR count). The second kappa shape index (κ2) is 5.31. The molecular weight excluding hydrogens is 268 g/mol. The van der Waals surface area contributed by atoms with Gasteiger partial charge in [0.15, 0.2) is 0 Å². The van der Waals surface area contributed by atoms with Crippen molar-refractivity contribution in [3.63, 3.8) is 0 Å². The first-order valence-electron chi connectivity index (χ1n) is 3.82. The second-order valence-electron chi connectivity index (χ2n) is 2.44. The molecule has 0 aliphatic carbocycles. The van der Waals surface area contributed by atoms with Crippen molar-refractivity contribution in [2.24, 2.45) is 0 Å². The Kier molecular flexibility index (Phi) is 4.34. The third-order valence-electron chi connectivity index (χ3n) is 1.35. The number of hydrogen-bond acceptors (Lipinski definition) is 5. The fourth-order valence-corrected chi connectivity index (χ4v) is 2.17. The SMILES string of the molecule is COC(=O)CSc1cc(Br)nc(C)n1. The van der Waals surface area contributed by atoms with Gasteiger partial charge in [-0.1, -0.05) is 11.8 Å². The lowest BCUT2D eigenvalue weighted by atomic mass is 10.6. The van der Waals surface area contributed by atoms with Crippen molar-refractivity contribution in [1.82, 2.24) is 9.97 Å². The van der Waals surface area contributed by atoms with E-state index >= 15 is 0 Å². The van der Waals surface area contributed by atoms with Crippen molar-refractivity contribution in [1.29, 1.82) is 0 Å². The summed E-state index contributed by atoms with van der Waals surface area (Å²) in [4.78, 5) is 19.1. The first-order chi connectivity index (χ1) is 6.61. The summed E-state index contributed by atoms with van der Waals surface area (Å²) in [5, 5.41) is 0.759. The van der Waals surface area contributed by atoms with E-state index < -0.39 is 0 Å². The van der Waals surface area contributed by atoms with Gasteiger partial charge >= 0.3 is 5.97 Å². The lowest BCUT2D eigenvalue weighted by molar-refractivity contribution is -0.137. The van der Waals surface area contributed by atoms with Crippen molar-refractivity contribution in [2.75, 3.05) is 12.9 Å². The molecule has 0 aromatic carbocycles. The van der Waals surface area contributed by atoms with Crippen LogP contribution in [0.25, 0.3) is 0 Å². The molecule has 0 saturated heterocycles. The predicted octanol–water partition coefficient (Wildman–Crippen LogP) is 1.81. The van der Waals surface area contributed by atoms with E-state index in [4.69, 9.17) is 0 Å². The Hall–Kier alpha value is -0.620. The molecule has 1 heterocycles. The molecule has 0 amide bonds. The van der Waals surface area contributed by atoms with Crippen LogP contribution in [0.2, 0.25) is 0 Å². The third-order valence-corrected chi connectivity index (χ3v) is 2.64. The summed E-state index contributed by atoms with van der Waals surface area (Å²) in [5.74, 6) is 0.675. The summed E-state index contributed by atoms with van der Waals surface area (Å²) in [6.07, 6.45) is 0. The number of carbonyl (C=O) groups is 1. The van der Waals surface area contributed by atoms with Crippen LogP contribution in [0.1, 0.15) is 5.82 Å². The van der Waals surface area contributed by atoms with Gasteiger partial charge in [-0.15, -0.1) is 0 Å². The van der Waals surface area contributed by atoms with Gasteiger partial charge in [0.25, 0.3) is 0 Å². The van der Waals surface area contributed by atoms with Crippen LogP contribution < -0.4 is 0 Å². The number of thioether (sulfide) groups is 1. The fraction of sp³-hybridized carbons (Fsp3) is 0.375. The van der Waals surface area contributed by atoms with Crippen molar-refractivity contribution < 1.29 is 9.53 Å². The zero-order chi connectivity index (χ0) is 10.6. The summed E-state index contributed by atoms with van der Waals surface area (Å²) >= 11 is 4.58. The molecule has 76 valence electrons. The molecule has 0 aliphatic heterocycles. The average Bonchev–Trinajstić information content (AvgIpc) is 2.12. The highest BCUT2D eigenvalue weighted by atomic mass is 79.9. The van der Waals surface area contributed by atoms with Gasteiger partial charge in [-0.2, -0.15) is 0 Å². The molecule has 0 radical (unpaired) electrons. The Bertz CT molecular complexity index is 326. The zero-order valence-electron chi connectivity index (χ0n) is 7.78. The number of aromatic nitrogens is 2. The van der Waals surface area contributed by atoms with Crippen LogP contribution in [0.15, 0.2) is 15.7 Å². The van der Waals surface area contributed by atoms with E-state index in [-0.39, 0.29) is 11.7 Å². The van der Waals surface area contributed by atoms with Crippen LogP contribution in [0.5, 0.6) is 0 Å². The first-order valence-corrected chi connectivity index (χ1v) is 5.60. The van der Waals surface area contributed by atoms with Crippen LogP contribution >= 0.6 is 27.7 Å². The van der Waals surface area contributed by atoms with E-state index in [0.717, 1.165) is 9.63 Å². The Morgan fingerprint density at radius 1 is 1.64 bits per heavy atom. The number of nitrogens with zero attached hydrogens (tertiary/aromatic N) is 2. The van der Waals surface area contributed by atoms with E-state index in [2.05, 4.69) is 30.6 Å². The van der Waals surface area contributed by atoms with Crippen LogP contribution in [-0.2, 0) is 9.53 Å². The molecular formula is C8H9BrN2O2S. The van der Waals surface area contributed by atoms with Crippen molar-refractivity contribution in [2.45, 2.75) is 11.9 Å². The standard InChI is InChI=1S/C8H9BrN2O2S/c1-5-10-6(9)3-7(11-5)14-4-8(12)13-2/h3H,4H2,1-2H3. The molecule has 0 N–H and O–H groups in total. The highest BCUT2D eigenvalue weighted by Crippen LogP contribution is 2.18. The molecule has 14 heavy (non-hydrogen) atoms. The van der Waals surface area contributed by atoms with Gasteiger partial charge in [-0.25, -0.2) is 9.97 Å². The number of methoxy groups -OCH3 is 1. The number of esters is 1. The third kappa shape index (κ3) is 3.63. The van der Waals surface area contributed by atoms with Crippen molar-refractivity contribution in [3.8, 4) is 0 Å². The minimum absolute atomic E-state index is 0.262. The number of carbonyl (C=O) groups excluding carboxylic acids is 1. The van der Waals surface area contributed by atoms with E-state index in [1.54, 1.807) is 13.0 Å². The van der Waals surface area contributed by atoms with Crippen LogP contribution in [0.3, 0.4) is 0 Å². The van der Waals surface area contributed by atoms with E-state index in [0.29, 0.717) is 5.82 Å². The molecule has 0 unspecified atom stereocenters. The molecule has 0 aliphatic rings. The number of aryl methyl sites for hydroxylation is 1. The maximum atomic E-state index is 10.9. The van der Waals surface area contributed by atoms with Gasteiger partial charge in [0.1, 0.15) is 15.5 Å². The van der Waals surface area contributed by atoms with Gasteiger partial charge in [0.2, 0.25) is 0 Å². The fourth-order valence-electron chi connectivity index (χ4n) is 0.771. The van der Waals surface area contributed by atoms with Gasteiger partial charge in [-0.3, -0.25) is 4.79 Å². The van der Waals surface area contributed by atoms with Crippen LogP contribution in [0, 0.1) is 6.92 Å². The normalized spacial score (nSPS) is 9.93. The maximum Gasteiger partial charge on any atom is 0.316 e. The molecule has 1 aromatic heterocycles. The highest BCUT2D eigenvalue weighted by Gasteiger charge is 2.04. The van der Waals surface area contributed by atoms with Gasteiger partial charge in [-0.05, 0) is 22.9 Å². The summed E-state index contributed by atoms with van der Waals surface area (Å²) in [6, 6.07) is 1.76. The molecule has 0 fully saturated rings. The highest BCUT2D eigenvalue weighted by molar-refractivity contribution is 9.10. The topological polar surface area (TPSA) is 52.1 Å². The molecule has 4 nitrogen and oxygen atoms in total. The summed E-state index contributed by atoms with van der Waals surface area (Å²) in [6.45, 7) is 1.80. The largest absolute Gasteiger partial charge is 0.468 e. The van der Waals surface area contributed by atoms with Gasteiger partial charge in [0.05, 0.1) is 12.9 Å². The van der Waals surface area contributed by atoms with E-state index in [1.807, 2.05) is 0 Å². The maximum absolute atomic E-state index is 10.9. The van der Waals surface area contributed by atoms with Gasteiger partial charge in [0, 0.05) is 6.07 Å². The number of rotatable bonds is 3. The van der Waals surface area contributed by atoms with Crippen LogP contribution in [0.4, 0.5) is 0 Å². The minimum atomic E-state index is -0.262. The average molecular weight is 277 g/mol. The minimum Gasteiger partial charge on any atom is -0.468 e. The second-order valence-corrected chi connectivity index (χ2v) is 4.25. The lowest BCUT2D eigenvalue weighted by Crippen LogP contribution is -2.03. The Labute approximate surface area is 94.6 Å². The molecule has 0 spiro atoms. The Morgan fingerprint density at radius 2 is 2.36 bits per heavy atom. The summed E-state index contributed by atoms with van der Waals surface area (Å²) in [7, 11) is 1.37. The quantitative estimate of drug-likeness (QED) is 0.479. The molecule has 0 atom stereocenters. The molecule has 6 heteroatoms. The lowest BCUT2D eigenvalue weighted by Gasteiger charge is -2.01. The summed E-state index contributed by atoms with van der Waals surface area (Å²) in [5.41, 5.74) is 0. The van der Waals surface area contributed by atoms with Crippen molar-refractivity contribution in [3.05, 3.63) is 16.5 Å². The van der Waals surface area contributed by atoms with E-state index in [9.17, 15) is 4.79 Å². The van der Waals surface area contributed by atoms with Crippen molar-refractivity contribution >= 4 is 33.7 Å². The molecule has 1 aromatic rings.